The van der Waals surface area contributed by atoms with Gasteiger partial charge in [-0.1, -0.05) is 6.07 Å². The molecule has 1 aliphatic rings. The van der Waals surface area contributed by atoms with Gasteiger partial charge in [0.15, 0.2) is 0 Å². The van der Waals surface area contributed by atoms with Crippen LogP contribution in [0.2, 0.25) is 0 Å². The van der Waals surface area contributed by atoms with Crippen molar-refractivity contribution >= 4 is 23.2 Å². The Labute approximate surface area is 142 Å². The van der Waals surface area contributed by atoms with E-state index in [1.807, 2.05) is 0 Å². The van der Waals surface area contributed by atoms with Gasteiger partial charge < -0.3 is 10.2 Å². The molecule has 0 unspecified atom stereocenters. The van der Waals surface area contributed by atoms with E-state index in [9.17, 15) is 22.8 Å². The number of halogens is 3. The van der Waals surface area contributed by atoms with Crippen molar-refractivity contribution in [3.63, 3.8) is 0 Å². The Kier molecular flexibility index (Phi) is 4.48. The van der Waals surface area contributed by atoms with E-state index in [1.54, 1.807) is 29.2 Å². The van der Waals surface area contributed by atoms with Gasteiger partial charge in [-0.2, -0.15) is 13.2 Å². The van der Waals surface area contributed by atoms with Gasteiger partial charge in [0.05, 0.1) is 5.56 Å². The van der Waals surface area contributed by atoms with Gasteiger partial charge in [-0.3, -0.25) is 9.59 Å². The topological polar surface area (TPSA) is 49.4 Å². The molecule has 1 heterocycles. The summed E-state index contributed by atoms with van der Waals surface area (Å²) in [7, 11) is 0. The number of rotatable bonds is 3. The molecule has 0 saturated carbocycles. The fourth-order valence-electron chi connectivity index (χ4n) is 2.68. The highest BCUT2D eigenvalue weighted by Gasteiger charge is 2.30. The number of benzene rings is 2. The van der Waals surface area contributed by atoms with Crippen LogP contribution in [-0.2, 0) is 11.0 Å². The van der Waals surface area contributed by atoms with E-state index >= 15 is 0 Å². The second-order valence-corrected chi connectivity index (χ2v) is 5.73. The van der Waals surface area contributed by atoms with Gasteiger partial charge in [-0.25, -0.2) is 0 Å². The minimum Gasteiger partial charge on any atom is -0.322 e. The van der Waals surface area contributed by atoms with E-state index in [4.69, 9.17) is 0 Å². The van der Waals surface area contributed by atoms with E-state index in [0.29, 0.717) is 24.2 Å². The Morgan fingerprint density at radius 2 is 1.80 bits per heavy atom. The molecule has 2 aromatic carbocycles. The van der Waals surface area contributed by atoms with Crippen LogP contribution in [0.25, 0.3) is 0 Å². The largest absolute Gasteiger partial charge is 0.416 e. The Hall–Kier alpha value is -2.83. The maximum Gasteiger partial charge on any atom is 0.416 e. The summed E-state index contributed by atoms with van der Waals surface area (Å²) in [5, 5.41) is 2.56. The maximum absolute atomic E-state index is 12.6. The van der Waals surface area contributed by atoms with Crippen molar-refractivity contribution in [1.29, 1.82) is 0 Å². The molecule has 25 heavy (non-hydrogen) atoms. The van der Waals surface area contributed by atoms with Crippen LogP contribution in [0.4, 0.5) is 24.5 Å². The Balaban J connectivity index is 1.74. The molecule has 4 nitrogen and oxygen atoms in total. The Bertz CT molecular complexity index is 801. The molecule has 0 aliphatic carbocycles. The maximum atomic E-state index is 12.6. The first-order valence-electron chi connectivity index (χ1n) is 7.73. The average Bonchev–Trinajstić information content (AvgIpc) is 3.01. The van der Waals surface area contributed by atoms with Crippen LogP contribution in [-0.4, -0.2) is 18.4 Å². The highest BCUT2D eigenvalue weighted by atomic mass is 19.4. The predicted octanol–water partition coefficient (Wildman–Crippen LogP) is 4.08. The van der Waals surface area contributed by atoms with Crippen molar-refractivity contribution in [3.05, 3.63) is 59.7 Å². The second kappa shape index (κ2) is 6.58. The molecule has 1 saturated heterocycles. The molecule has 0 spiro atoms. The third kappa shape index (κ3) is 3.81. The minimum absolute atomic E-state index is 0.0142. The first-order chi connectivity index (χ1) is 11.8. The molecule has 3 rings (SSSR count). The molecular formula is C18H15F3N2O2. The molecule has 0 atom stereocenters. The van der Waals surface area contributed by atoms with Crippen LogP contribution in [0.1, 0.15) is 28.8 Å². The van der Waals surface area contributed by atoms with Crippen LogP contribution in [0.15, 0.2) is 48.5 Å². The number of amides is 2. The van der Waals surface area contributed by atoms with E-state index in [0.717, 1.165) is 18.6 Å². The zero-order valence-corrected chi connectivity index (χ0v) is 13.1. The van der Waals surface area contributed by atoms with Gasteiger partial charge in [-0.15, -0.1) is 0 Å². The van der Waals surface area contributed by atoms with Gasteiger partial charge in [0.25, 0.3) is 5.91 Å². The molecule has 0 aromatic heterocycles. The minimum atomic E-state index is -4.42. The first kappa shape index (κ1) is 17.0. The number of carbonyl (C=O) groups is 2. The molecule has 0 radical (unpaired) electrons. The number of nitrogens with zero attached hydrogens (tertiary/aromatic N) is 1. The molecule has 2 aromatic rings. The third-order valence-electron chi connectivity index (χ3n) is 3.96. The van der Waals surface area contributed by atoms with Crippen molar-refractivity contribution in [2.24, 2.45) is 0 Å². The molecule has 0 bridgehead atoms. The van der Waals surface area contributed by atoms with Gasteiger partial charge in [-0.05, 0) is 48.9 Å². The number of carbonyl (C=O) groups excluding carboxylic acids is 2. The Morgan fingerprint density at radius 1 is 1.08 bits per heavy atom. The molecular weight excluding hydrogens is 333 g/mol. The summed E-state index contributed by atoms with van der Waals surface area (Å²) in [5.74, 6) is -0.437. The quantitative estimate of drug-likeness (QED) is 0.908. The van der Waals surface area contributed by atoms with Crippen LogP contribution < -0.4 is 10.2 Å². The van der Waals surface area contributed by atoms with Crippen LogP contribution in [0.3, 0.4) is 0 Å². The zero-order chi connectivity index (χ0) is 18.0. The van der Waals surface area contributed by atoms with Crippen LogP contribution in [0, 0.1) is 0 Å². The number of alkyl halides is 3. The van der Waals surface area contributed by atoms with Gasteiger partial charge in [0, 0.05) is 29.9 Å². The molecule has 1 N–H and O–H groups in total. The summed E-state index contributed by atoms with van der Waals surface area (Å²) < 4.78 is 37.7. The lowest BCUT2D eigenvalue weighted by Gasteiger charge is -2.16. The van der Waals surface area contributed by atoms with E-state index in [2.05, 4.69) is 5.32 Å². The molecule has 130 valence electrons. The lowest BCUT2D eigenvalue weighted by molar-refractivity contribution is -0.137. The summed E-state index contributed by atoms with van der Waals surface area (Å²) >= 11 is 0. The summed E-state index contributed by atoms with van der Waals surface area (Å²) in [5.41, 5.74) is 0.459. The molecule has 7 heteroatoms. The highest BCUT2D eigenvalue weighted by molar-refractivity contribution is 6.05. The SMILES string of the molecule is O=C(Nc1ccc(C(F)(F)F)cc1)c1cccc(N2CCCC2=O)c1. The second-order valence-electron chi connectivity index (χ2n) is 5.73. The van der Waals surface area contributed by atoms with E-state index < -0.39 is 17.6 Å². The predicted molar refractivity (Wildman–Crippen MR) is 87.4 cm³/mol. The van der Waals surface area contributed by atoms with Crippen LogP contribution in [0.5, 0.6) is 0 Å². The first-order valence-corrected chi connectivity index (χ1v) is 7.73. The van der Waals surface area contributed by atoms with Crippen molar-refractivity contribution in [1.82, 2.24) is 0 Å². The lowest BCUT2D eigenvalue weighted by atomic mass is 10.1. The normalized spacial score (nSPS) is 14.7. The van der Waals surface area contributed by atoms with Gasteiger partial charge in [0.2, 0.25) is 5.91 Å². The number of anilines is 2. The lowest BCUT2D eigenvalue weighted by Crippen LogP contribution is -2.24. The van der Waals surface area contributed by atoms with E-state index in [1.165, 1.54) is 12.1 Å². The number of hydrogen-bond donors (Lipinski definition) is 1. The van der Waals surface area contributed by atoms with Crippen molar-refractivity contribution in [2.75, 3.05) is 16.8 Å². The summed E-state index contributed by atoms with van der Waals surface area (Å²) in [6.07, 6.45) is -3.15. The monoisotopic (exact) mass is 348 g/mol. The number of hydrogen-bond acceptors (Lipinski definition) is 2. The fourth-order valence-corrected chi connectivity index (χ4v) is 2.68. The summed E-state index contributed by atoms with van der Waals surface area (Å²) in [4.78, 5) is 25.7. The molecule has 1 aliphatic heterocycles. The fraction of sp³-hybridized carbons (Fsp3) is 0.222. The van der Waals surface area contributed by atoms with E-state index in [-0.39, 0.29) is 11.6 Å². The standard InChI is InChI=1S/C18H15F3N2O2/c19-18(20,21)13-6-8-14(9-7-13)22-17(25)12-3-1-4-15(11-12)23-10-2-5-16(23)24/h1,3-4,6-9,11H,2,5,10H2,(H,22,25). The van der Waals surface area contributed by atoms with Crippen LogP contribution >= 0.6 is 0 Å². The van der Waals surface area contributed by atoms with Crippen molar-refractivity contribution in [3.8, 4) is 0 Å². The molecule has 1 fully saturated rings. The smallest absolute Gasteiger partial charge is 0.322 e. The summed E-state index contributed by atoms with van der Waals surface area (Å²) in [6.45, 7) is 0.614. The highest BCUT2D eigenvalue weighted by Crippen LogP contribution is 2.30. The van der Waals surface area contributed by atoms with Gasteiger partial charge >= 0.3 is 6.18 Å². The number of nitrogens with one attached hydrogen (secondary N) is 1. The average molecular weight is 348 g/mol. The molecule has 2 amide bonds. The van der Waals surface area contributed by atoms with Crippen molar-refractivity contribution in [2.45, 2.75) is 19.0 Å². The van der Waals surface area contributed by atoms with Gasteiger partial charge in [0.1, 0.15) is 0 Å². The van der Waals surface area contributed by atoms with Crippen molar-refractivity contribution < 1.29 is 22.8 Å². The Morgan fingerprint density at radius 3 is 2.40 bits per heavy atom. The zero-order valence-electron chi connectivity index (χ0n) is 13.1. The third-order valence-corrected chi connectivity index (χ3v) is 3.96. The summed E-state index contributed by atoms with van der Waals surface area (Å²) in [6, 6.07) is 10.8.